The van der Waals surface area contributed by atoms with Crippen LogP contribution in [0.2, 0.25) is 0 Å². The Morgan fingerprint density at radius 1 is 1.18 bits per heavy atom. The molecule has 0 unspecified atom stereocenters. The van der Waals surface area contributed by atoms with E-state index in [1.807, 2.05) is 0 Å². The Hall–Kier alpha value is -1.61. The molecular weight excluding hydrogens is 321 g/mol. The molecule has 1 amide bonds. The van der Waals surface area contributed by atoms with E-state index in [0.717, 1.165) is 6.26 Å². The van der Waals surface area contributed by atoms with Gasteiger partial charge in [0.1, 0.15) is 11.4 Å². The van der Waals surface area contributed by atoms with Crippen LogP contribution < -0.4 is 4.72 Å². The summed E-state index contributed by atoms with van der Waals surface area (Å²) < 4.78 is 65.0. The van der Waals surface area contributed by atoms with Crippen LogP contribution in [0.1, 0.15) is 23.2 Å². The Morgan fingerprint density at radius 3 is 2.27 bits per heavy atom. The second-order valence-electron chi connectivity index (χ2n) is 5.17. The summed E-state index contributed by atoms with van der Waals surface area (Å²) in [6.45, 7) is 0.253. The molecular formula is C13H15F3N2O3S. The Bertz CT molecular complexity index is 686. The van der Waals surface area contributed by atoms with E-state index in [1.165, 1.54) is 4.90 Å². The predicted octanol–water partition coefficient (Wildman–Crippen LogP) is 1.26. The highest BCUT2D eigenvalue weighted by atomic mass is 32.2. The summed E-state index contributed by atoms with van der Waals surface area (Å²) in [7, 11) is -3.36. The maximum atomic E-state index is 13.6. The van der Waals surface area contributed by atoms with Gasteiger partial charge in [0.05, 0.1) is 6.26 Å². The molecule has 1 heterocycles. The standard InChI is InChI=1S/C13H15F3N2O3S/c1-22(20,21)17-8-4-6-18(7-5-8)13(19)11-9(14)2-3-10(15)12(11)16/h2-3,8,17H,4-7H2,1H3. The van der Waals surface area contributed by atoms with Crippen LogP contribution >= 0.6 is 0 Å². The average molecular weight is 336 g/mol. The molecule has 0 spiro atoms. The first-order valence-corrected chi connectivity index (χ1v) is 8.48. The lowest BCUT2D eigenvalue weighted by molar-refractivity contribution is 0.0700. The summed E-state index contributed by atoms with van der Waals surface area (Å²) in [6, 6.07) is 0.981. The summed E-state index contributed by atoms with van der Waals surface area (Å²) in [5, 5.41) is 0. The third-order valence-corrected chi connectivity index (χ3v) is 4.18. The van der Waals surface area contributed by atoms with Crippen molar-refractivity contribution in [3.05, 3.63) is 35.1 Å². The van der Waals surface area contributed by atoms with Crippen molar-refractivity contribution in [1.29, 1.82) is 0 Å². The Labute approximate surface area is 126 Å². The topological polar surface area (TPSA) is 66.5 Å². The molecule has 5 nitrogen and oxygen atoms in total. The minimum absolute atomic E-state index is 0.126. The van der Waals surface area contributed by atoms with Crippen LogP contribution in [-0.2, 0) is 10.0 Å². The first kappa shape index (κ1) is 16.8. The fourth-order valence-electron chi connectivity index (χ4n) is 2.38. The molecule has 22 heavy (non-hydrogen) atoms. The first-order chi connectivity index (χ1) is 10.2. The molecule has 1 fully saturated rings. The largest absolute Gasteiger partial charge is 0.338 e. The van der Waals surface area contributed by atoms with E-state index in [9.17, 15) is 26.4 Å². The summed E-state index contributed by atoms with van der Waals surface area (Å²) in [5.41, 5.74) is -0.922. The van der Waals surface area contributed by atoms with Gasteiger partial charge in [0.15, 0.2) is 11.6 Å². The number of hydrogen-bond donors (Lipinski definition) is 1. The van der Waals surface area contributed by atoms with Crippen molar-refractivity contribution in [3.8, 4) is 0 Å². The third kappa shape index (κ3) is 3.77. The van der Waals surface area contributed by atoms with Gasteiger partial charge < -0.3 is 4.90 Å². The van der Waals surface area contributed by atoms with Gasteiger partial charge in [0.2, 0.25) is 10.0 Å². The van der Waals surface area contributed by atoms with E-state index >= 15 is 0 Å². The third-order valence-electron chi connectivity index (χ3n) is 3.42. The number of sulfonamides is 1. The highest BCUT2D eigenvalue weighted by Crippen LogP contribution is 2.20. The Kier molecular flexibility index (Phi) is 4.76. The van der Waals surface area contributed by atoms with Crippen molar-refractivity contribution in [2.24, 2.45) is 0 Å². The maximum absolute atomic E-state index is 13.6. The van der Waals surface area contributed by atoms with Crippen molar-refractivity contribution in [2.75, 3.05) is 19.3 Å². The van der Waals surface area contributed by atoms with E-state index in [-0.39, 0.29) is 19.1 Å². The average Bonchev–Trinajstić information content (AvgIpc) is 2.42. The van der Waals surface area contributed by atoms with E-state index in [4.69, 9.17) is 0 Å². The van der Waals surface area contributed by atoms with Gasteiger partial charge in [-0.2, -0.15) is 0 Å². The minimum Gasteiger partial charge on any atom is -0.338 e. The fraction of sp³-hybridized carbons (Fsp3) is 0.462. The van der Waals surface area contributed by atoms with E-state index in [2.05, 4.69) is 4.72 Å². The predicted molar refractivity (Wildman–Crippen MR) is 73.2 cm³/mol. The molecule has 9 heteroatoms. The van der Waals surface area contributed by atoms with Gasteiger partial charge in [0.25, 0.3) is 5.91 Å². The second-order valence-corrected chi connectivity index (χ2v) is 6.95. The summed E-state index contributed by atoms with van der Waals surface area (Å²) in [4.78, 5) is 13.3. The van der Waals surface area contributed by atoms with E-state index in [1.54, 1.807) is 0 Å². The fourth-order valence-corrected chi connectivity index (χ4v) is 3.23. The summed E-state index contributed by atoms with van der Waals surface area (Å²) in [6.07, 6.45) is 1.66. The lowest BCUT2D eigenvalue weighted by Gasteiger charge is -2.32. The van der Waals surface area contributed by atoms with Crippen LogP contribution in [0.15, 0.2) is 12.1 Å². The molecule has 0 aromatic heterocycles. The number of nitrogens with zero attached hydrogens (tertiary/aromatic N) is 1. The van der Waals surface area contributed by atoms with Gasteiger partial charge in [-0.05, 0) is 25.0 Å². The Balaban J connectivity index is 2.09. The van der Waals surface area contributed by atoms with Gasteiger partial charge in [-0.3, -0.25) is 4.79 Å². The highest BCUT2D eigenvalue weighted by Gasteiger charge is 2.29. The number of carbonyl (C=O) groups excluding carboxylic acids is 1. The summed E-state index contributed by atoms with van der Waals surface area (Å²) >= 11 is 0. The SMILES string of the molecule is CS(=O)(=O)NC1CCN(C(=O)c2c(F)ccc(F)c2F)CC1. The van der Waals surface area contributed by atoms with Crippen LogP contribution in [0.4, 0.5) is 13.2 Å². The molecule has 1 saturated heterocycles. The maximum Gasteiger partial charge on any atom is 0.259 e. The van der Waals surface area contributed by atoms with Crippen molar-refractivity contribution in [3.63, 3.8) is 0 Å². The van der Waals surface area contributed by atoms with Crippen molar-refractivity contribution < 1.29 is 26.4 Å². The number of hydrogen-bond acceptors (Lipinski definition) is 3. The highest BCUT2D eigenvalue weighted by molar-refractivity contribution is 7.88. The smallest absolute Gasteiger partial charge is 0.259 e. The van der Waals surface area contributed by atoms with Crippen LogP contribution in [0, 0.1) is 17.5 Å². The number of rotatable bonds is 3. The minimum atomic E-state index is -3.36. The van der Waals surface area contributed by atoms with Crippen LogP contribution in [-0.4, -0.2) is 44.6 Å². The monoisotopic (exact) mass is 336 g/mol. The van der Waals surface area contributed by atoms with Gasteiger partial charge in [-0.25, -0.2) is 26.3 Å². The van der Waals surface area contributed by atoms with Crippen LogP contribution in [0.25, 0.3) is 0 Å². The zero-order valence-electron chi connectivity index (χ0n) is 11.8. The number of amides is 1. The lowest BCUT2D eigenvalue weighted by Crippen LogP contribution is -2.46. The van der Waals surface area contributed by atoms with Gasteiger partial charge in [-0.1, -0.05) is 0 Å². The molecule has 122 valence electrons. The van der Waals surface area contributed by atoms with E-state index in [0.29, 0.717) is 25.0 Å². The quantitative estimate of drug-likeness (QED) is 0.845. The number of piperidine rings is 1. The molecule has 1 aliphatic rings. The van der Waals surface area contributed by atoms with Crippen LogP contribution in [0.3, 0.4) is 0 Å². The lowest BCUT2D eigenvalue weighted by atomic mass is 10.0. The van der Waals surface area contributed by atoms with Crippen molar-refractivity contribution in [1.82, 2.24) is 9.62 Å². The molecule has 1 aromatic carbocycles. The molecule has 0 radical (unpaired) electrons. The number of nitrogens with one attached hydrogen (secondary N) is 1. The zero-order valence-corrected chi connectivity index (χ0v) is 12.6. The normalized spacial score (nSPS) is 16.8. The second kappa shape index (κ2) is 6.25. The zero-order chi connectivity index (χ0) is 16.5. The molecule has 0 aliphatic carbocycles. The molecule has 0 atom stereocenters. The number of likely N-dealkylation sites (tertiary alicyclic amines) is 1. The van der Waals surface area contributed by atoms with E-state index < -0.39 is 38.9 Å². The van der Waals surface area contributed by atoms with Crippen LogP contribution in [0.5, 0.6) is 0 Å². The molecule has 2 rings (SSSR count). The number of carbonyl (C=O) groups is 1. The number of benzene rings is 1. The van der Waals surface area contributed by atoms with Gasteiger partial charge in [0, 0.05) is 19.1 Å². The van der Waals surface area contributed by atoms with Gasteiger partial charge in [-0.15, -0.1) is 0 Å². The Morgan fingerprint density at radius 2 is 1.73 bits per heavy atom. The molecule has 0 bridgehead atoms. The van der Waals surface area contributed by atoms with Crippen molar-refractivity contribution in [2.45, 2.75) is 18.9 Å². The molecule has 0 saturated carbocycles. The first-order valence-electron chi connectivity index (χ1n) is 6.59. The van der Waals surface area contributed by atoms with Crippen molar-refractivity contribution >= 4 is 15.9 Å². The van der Waals surface area contributed by atoms with Gasteiger partial charge >= 0.3 is 0 Å². The molecule has 1 N–H and O–H groups in total. The number of halogens is 3. The molecule has 1 aliphatic heterocycles. The summed E-state index contributed by atoms with van der Waals surface area (Å²) in [5.74, 6) is -4.87. The molecule has 1 aromatic rings.